The van der Waals surface area contributed by atoms with E-state index in [4.69, 9.17) is 5.11 Å². The van der Waals surface area contributed by atoms with E-state index >= 15 is 0 Å². The van der Waals surface area contributed by atoms with Gasteiger partial charge in [-0.3, -0.25) is 14.5 Å². The lowest BCUT2D eigenvalue weighted by Gasteiger charge is -2.39. The highest BCUT2D eigenvalue weighted by atomic mass is 16.4. The highest BCUT2D eigenvalue weighted by Gasteiger charge is 2.37. The molecule has 0 saturated carbocycles. The number of carbonyl (C=O) groups is 2. The van der Waals surface area contributed by atoms with E-state index in [0.29, 0.717) is 12.5 Å². The zero-order valence-electron chi connectivity index (χ0n) is 11.0. The summed E-state index contributed by atoms with van der Waals surface area (Å²) in [5, 5.41) is 11.7. The highest BCUT2D eigenvalue weighted by Crippen LogP contribution is 2.23. The summed E-state index contributed by atoms with van der Waals surface area (Å²) in [4.78, 5) is 24.8. The van der Waals surface area contributed by atoms with Gasteiger partial charge in [-0.25, -0.2) is 0 Å². The van der Waals surface area contributed by atoms with Crippen LogP contribution in [0.3, 0.4) is 0 Å². The number of amides is 1. The van der Waals surface area contributed by atoms with Crippen molar-refractivity contribution in [2.75, 3.05) is 13.1 Å². The molecule has 1 aliphatic rings. The molecule has 1 saturated heterocycles. The van der Waals surface area contributed by atoms with Crippen LogP contribution in [0.1, 0.15) is 34.1 Å². The summed E-state index contributed by atoms with van der Waals surface area (Å²) in [5.74, 6) is -0.780. The first-order valence-corrected chi connectivity index (χ1v) is 5.98. The van der Waals surface area contributed by atoms with E-state index in [2.05, 4.69) is 12.2 Å². The average Bonchev–Trinajstić information content (AvgIpc) is 2.29. The van der Waals surface area contributed by atoms with Crippen LogP contribution < -0.4 is 5.32 Å². The summed E-state index contributed by atoms with van der Waals surface area (Å²) in [6, 6.07) is -0.572. The Morgan fingerprint density at radius 3 is 2.59 bits per heavy atom. The fourth-order valence-corrected chi connectivity index (χ4v) is 2.17. The van der Waals surface area contributed by atoms with Crippen LogP contribution in [0, 0.1) is 5.92 Å². The van der Waals surface area contributed by atoms with Gasteiger partial charge >= 0.3 is 5.97 Å². The standard InChI is InChI=1S/C12H22N2O3/c1-8-6-13-11(17)9(5-10(15)16)14(7-8)12(2,3)4/h8-9H,5-7H2,1-4H3,(H,13,17)(H,15,16). The minimum Gasteiger partial charge on any atom is -0.481 e. The van der Waals surface area contributed by atoms with E-state index in [1.165, 1.54) is 0 Å². The van der Waals surface area contributed by atoms with Crippen molar-refractivity contribution in [1.82, 2.24) is 10.2 Å². The molecule has 5 nitrogen and oxygen atoms in total. The first-order valence-electron chi connectivity index (χ1n) is 5.98. The molecule has 1 rings (SSSR count). The van der Waals surface area contributed by atoms with Gasteiger partial charge in [0, 0.05) is 18.6 Å². The summed E-state index contributed by atoms with van der Waals surface area (Å²) in [6.07, 6.45) is -0.143. The lowest BCUT2D eigenvalue weighted by molar-refractivity contribution is -0.142. The molecule has 5 heteroatoms. The second-order valence-electron chi connectivity index (χ2n) is 5.79. The lowest BCUT2D eigenvalue weighted by Crippen LogP contribution is -2.53. The number of nitrogens with one attached hydrogen (secondary N) is 1. The fraction of sp³-hybridized carbons (Fsp3) is 0.833. The SMILES string of the molecule is CC1CNC(=O)C(CC(=O)O)N(C(C)(C)C)C1. The summed E-state index contributed by atoms with van der Waals surface area (Å²) in [5.41, 5.74) is -0.212. The van der Waals surface area contributed by atoms with Crippen molar-refractivity contribution < 1.29 is 14.7 Å². The number of rotatable bonds is 2. The summed E-state index contributed by atoms with van der Waals surface area (Å²) in [7, 11) is 0. The van der Waals surface area contributed by atoms with E-state index in [1.807, 2.05) is 25.7 Å². The monoisotopic (exact) mass is 242 g/mol. The quantitative estimate of drug-likeness (QED) is 0.747. The third-order valence-electron chi connectivity index (χ3n) is 3.04. The van der Waals surface area contributed by atoms with Gasteiger partial charge in [-0.1, -0.05) is 6.92 Å². The number of aliphatic carboxylic acids is 1. The number of carbonyl (C=O) groups excluding carboxylic acids is 1. The van der Waals surface area contributed by atoms with Gasteiger partial charge in [0.25, 0.3) is 0 Å². The largest absolute Gasteiger partial charge is 0.481 e. The van der Waals surface area contributed by atoms with Crippen molar-refractivity contribution in [3.63, 3.8) is 0 Å². The maximum Gasteiger partial charge on any atom is 0.305 e. The van der Waals surface area contributed by atoms with Crippen molar-refractivity contribution in [3.8, 4) is 0 Å². The number of carboxylic acids is 1. The van der Waals surface area contributed by atoms with Crippen LogP contribution in [0.15, 0.2) is 0 Å². The van der Waals surface area contributed by atoms with Crippen molar-refractivity contribution in [2.45, 2.75) is 45.7 Å². The molecule has 2 N–H and O–H groups in total. The van der Waals surface area contributed by atoms with Gasteiger partial charge in [-0.2, -0.15) is 0 Å². The second kappa shape index (κ2) is 5.04. The van der Waals surface area contributed by atoms with Crippen molar-refractivity contribution >= 4 is 11.9 Å². The molecule has 1 amide bonds. The van der Waals surface area contributed by atoms with Crippen molar-refractivity contribution in [2.24, 2.45) is 5.92 Å². The third kappa shape index (κ3) is 3.70. The van der Waals surface area contributed by atoms with E-state index in [-0.39, 0.29) is 17.9 Å². The fourth-order valence-electron chi connectivity index (χ4n) is 2.17. The number of nitrogens with zero attached hydrogens (tertiary/aromatic N) is 1. The van der Waals surface area contributed by atoms with Gasteiger partial charge < -0.3 is 10.4 Å². The van der Waals surface area contributed by atoms with Crippen LogP contribution in [-0.4, -0.2) is 46.6 Å². The molecular formula is C12H22N2O3. The van der Waals surface area contributed by atoms with E-state index < -0.39 is 12.0 Å². The molecule has 1 heterocycles. The molecular weight excluding hydrogens is 220 g/mol. The molecule has 0 aromatic carbocycles. The molecule has 0 aromatic heterocycles. The Hall–Kier alpha value is -1.10. The molecule has 2 atom stereocenters. The van der Waals surface area contributed by atoms with Crippen molar-refractivity contribution in [3.05, 3.63) is 0 Å². The number of hydrogen-bond acceptors (Lipinski definition) is 3. The molecule has 0 bridgehead atoms. The van der Waals surface area contributed by atoms with Crippen LogP contribution >= 0.6 is 0 Å². The molecule has 0 aromatic rings. The minimum absolute atomic E-state index is 0.143. The molecule has 0 spiro atoms. The zero-order valence-corrected chi connectivity index (χ0v) is 11.0. The zero-order chi connectivity index (χ0) is 13.2. The molecule has 98 valence electrons. The van der Waals surface area contributed by atoms with Gasteiger partial charge in [-0.05, 0) is 26.7 Å². The van der Waals surface area contributed by atoms with Gasteiger partial charge in [0.1, 0.15) is 6.04 Å². The van der Waals surface area contributed by atoms with E-state index in [0.717, 1.165) is 6.54 Å². The van der Waals surface area contributed by atoms with Crippen LogP contribution in [0.2, 0.25) is 0 Å². The number of hydrogen-bond donors (Lipinski definition) is 2. The van der Waals surface area contributed by atoms with Crippen molar-refractivity contribution in [1.29, 1.82) is 0 Å². The second-order valence-corrected chi connectivity index (χ2v) is 5.79. The molecule has 1 aliphatic heterocycles. The van der Waals surface area contributed by atoms with Gasteiger partial charge in [0.2, 0.25) is 5.91 Å². The Bertz CT molecular complexity index is 309. The predicted octanol–water partition coefficient (Wildman–Crippen LogP) is 0.696. The first-order chi connectivity index (χ1) is 7.71. The Kier molecular flexibility index (Phi) is 4.14. The molecule has 0 aliphatic carbocycles. The topological polar surface area (TPSA) is 69.6 Å². The molecule has 0 radical (unpaired) electrons. The predicted molar refractivity (Wildman–Crippen MR) is 64.7 cm³/mol. The minimum atomic E-state index is -0.936. The number of carboxylic acid groups (broad SMARTS) is 1. The Morgan fingerprint density at radius 1 is 1.53 bits per heavy atom. The molecule has 17 heavy (non-hydrogen) atoms. The van der Waals surface area contributed by atoms with E-state index in [1.54, 1.807) is 0 Å². The maximum absolute atomic E-state index is 11.9. The van der Waals surface area contributed by atoms with Gasteiger partial charge in [-0.15, -0.1) is 0 Å². The summed E-state index contributed by atoms with van der Waals surface area (Å²) < 4.78 is 0. The summed E-state index contributed by atoms with van der Waals surface area (Å²) >= 11 is 0. The highest BCUT2D eigenvalue weighted by molar-refractivity contribution is 5.86. The third-order valence-corrected chi connectivity index (χ3v) is 3.04. The molecule has 1 fully saturated rings. The summed E-state index contributed by atoms with van der Waals surface area (Å²) in [6.45, 7) is 9.43. The van der Waals surface area contributed by atoms with Gasteiger partial charge in [0.05, 0.1) is 6.42 Å². The Labute approximate surface area is 102 Å². The van der Waals surface area contributed by atoms with E-state index in [9.17, 15) is 9.59 Å². The Balaban J connectivity index is 2.97. The maximum atomic E-state index is 11.9. The van der Waals surface area contributed by atoms with Crippen LogP contribution in [0.4, 0.5) is 0 Å². The Morgan fingerprint density at radius 2 is 2.12 bits per heavy atom. The lowest BCUT2D eigenvalue weighted by atomic mass is 9.99. The average molecular weight is 242 g/mol. The van der Waals surface area contributed by atoms with Gasteiger partial charge in [0.15, 0.2) is 0 Å². The smallest absolute Gasteiger partial charge is 0.305 e. The first kappa shape index (κ1) is 14.0. The molecule has 2 unspecified atom stereocenters. The normalized spacial score (nSPS) is 27.4. The van der Waals surface area contributed by atoms with Crippen LogP contribution in [0.25, 0.3) is 0 Å². The van der Waals surface area contributed by atoms with Crippen LogP contribution in [-0.2, 0) is 9.59 Å². The van der Waals surface area contributed by atoms with Crippen LogP contribution in [0.5, 0.6) is 0 Å².